The van der Waals surface area contributed by atoms with E-state index in [9.17, 15) is 4.79 Å². The van der Waals surface area contributed by atoms with Crippen LogP contribution in [0.4, 0.5) is 0 Å². The van der Waals surface area contributed by atoms with Gasteiger partial charge in [0.1, 0.15) is 0 Å². The van der Waals surface area contributed by atoms with Gasteiger partial charge in [-0.1, -0.05) is 23.8 Å². The Balaban J connectivity index is 0.00000169. The first-order chi connectivity index (χ1) is 11.2. The van der Waals surface area contributed by atoms with E-state index in [1.165, 1.54) is 6.42 Å². The molecule has 0 saturated carbocycles. The van der Waals surface area contributed by atoms with Crippen molar-refractivity contribution in [3.8, 4) is 11.3 Å². The van der Waals surface area contributed by atoms with E-state index >= 15 is 0 Å². The Morgan fingerprint density at radius 3 is 2.92 bits per heavy atom. The molecule has 1 amide bonds. The van der Waals surface area contributed by atoms with Gasteiger partial charge in [0.05, 0.1) is 5.69 Å². The Kier molecular flexibility index (Phi) is 4.88. The Morgan fingerprint density at radius 1 is 1.29 bits per heavy atom. The van der Waals surface area contributed by atoms with Crippen LogP contribution in [0, 0.1) is 12.8 Å². The van der Waals surface area contributed by atoms with Crippen molar-refractivity contribution in [1.29, 1.82) is 0 Å². The zero-order valence-corrected chi connectivity index (χ0v) is 14.6. The molecule has 24 heavy (non-hydrogen) atoms. The Morgan fingerprint density at radius 2 is 2.17 bits per heavy atom. The summed E-state index contributed by atoms with van der Waals surface area (Å²) in [4.78, 5) is 19.5. The number of pyridine rings is 1. The van der Waals surface area contributed by atoms with Crippen LogP contribution >= 0.6 is 12.4 Å². The molecule has 2 aromatic rings. The molecule has 5 heteroatoms. The molecule has 1 N–H and O–H groups in total. The first-order valence-electron chi connectivity index (χ1n) is 8.28. The number of amides is 1. The molecule has 3 heterocycles. The van der Waals surface area contributed by atoms with E-state index in [1.54, 1.807) is 6.20 Å². The fourth-order valence-electron chi connectivity index (χ4n) is 3.69. The minimum atomic E-state index is 0. The maximum Gasteiger partial charge on any atom is 0.254 e. The number of piperidine rings is 1. The SMILES string of the molecule is Cc1ccc(-c2ccccn2)c(C(=O)N2C[C@@H]3CCNC[C@@H]32)c1.Cl. The van der Waals surface area contributed by atoms with Gasteiger partial charge in [-0.25, -0.2) is 0 Å². The molecule has 4 nitrogen and oxygen atoms in total. The molecule has 2 atom stereocenters. The highest BCUT2D eigenvalue weighted by Crippen LogP contribution is 2.33. The highest BCUT2D eigenvalue weighted by atomic mass is 35.5. The Labute approximate surface area is 148 Å². The van der Waals surface area contributed by atoms with Gasteiger partial charge in [-0.3, -0.25) is 9.78 Å². The van der Waals surface area contributed by atoms with Gasteiger partial charge in [0.15, 0.2) is 0 Å². The van der Waals surface area contributed by atoms with E-state index in [0.29, 0.717) is 12.0 Å². The minimum Gasteiger partial charge on any atom is -0.334 e. The average molecular weight is 344 g/mol. The molecule has 2 aliphatic heterocycles. The monoisotopic (exact) mass is 343 g/mol. The maximum atomic E-state index is 13.1. The molecule has 0 bridgehead atoms. The van der Waals surface area contributed by atoms with E-state index in [0.717, 1.165) is 42.0 Å². The number of halogens is 1. The zero-order chi connectivity index (χ0) is 15.8. The first kappa shape index (κ1) is 16.9. The largest absolute Gasteiger partial charge is 0.334 e. The molecule has 126 valence electrons. The number of nitrogens with zero attached hydrogens (tertiary/aromatic N) is 2. The first-order valence-corrected chi connectivity index (χ1v) is 8.28. The summed E-state index contributed by atoms with van der Waals surface area (Å²) in [6, 6.07) is 12.2. The molecule has 4 rings (SSSR count). The molecule has 1 aromatic heterocycles. The lowest BCUT2D eigenvalue weighted by atomic mass is 9.82. The predicted molar refractivity (Wildman–Crippen MR) is 97.5 cm³/mol. The van der Waals surface area contributed by atoms with Gasteiger partial charge in [-0.15, -0.1) is 12.4 Å². The lowest BCUT2D eigenvalue weighted by Gasteiger charge is -2.51. The lowest BCUT2D eigenvalue weighted by molar-refractivity contribution is 0.00286. The second kappa shape index (κ2) is 6.91. The fraction of sp³-hybridized carbons (Fsp3) is 0.368. The number of rotatable bonds is 2. The van der Waals surface area contributed by atoms with Crippen LogP contribution in [0.2, 0.25) is 0 Å². The van der Waals surface area contributed by atoms with Crippen LogP contribution in [-0.4, -0.2) is 41.5 Å². The standard InChI is InChI=1S/C19H21N3O.ClH/c1-13-5-6-15(17-4-2-3-8-21-17)16(10-13)19(23)22-12-14-7-9-20-11-18(14)22;/h2-6,8,10,14,18,20H,7,9,11-12H2,1H3;1H/t14-,18-;/m0./s1. The van der Waals surface area contributed by atoms with Gasteiger partial charge in [0, 0.05) is 36.5 Å². The number of aromatic nitrogens is 1. The van der Waals surface area contributed by atoms with E-state index in [2.05, 4.69) is 10.3 Å². The number of nitrogens with one attached hydrogen (secondary N) is 1. The predicted octanol–water partition coefficient (Wildman–Crippen LogP) is 2.91. The van der Waals surface area contributed by atoms with Crippen LogP contribution in [0.1, 0.15) is 22.3 Å². The summed E-state index contributed by atoms with van der Waals surface area (Å²) >= 11 is 0. The molecule has 1 aromatic carbocycles. The fourth-order valence-corrected chi connectivity index (χ4v) is 3.69. The molecule has 0 radical (unpaired) electrons. The summed E-state index contributed by atoms with van der Waals surface area (Å²) in [5.74, 6) is 0.808. The van der Waals surface area contributed by atoms with Gasteiger partial charge in [-0.05, 0) is 44.0 Å². The maximum absolute atomic E-state index is 13.1. The zero-order valence-electron chi connectivity index (χ0n) is 13.7. The third-order valence-corrected chi connectivity index (χ3v) is 5.03. The third kappa shape index (κ3) is 2.92. The third-order valence-electron chi connectivity index (χ3n) is 5.03. The van der Waals surface area contributed by atoms with Crippen molar-refractivity contribution in [2.75, 3.05) is 19.6 Å². The second-order valence-corrected chi connectivity index (χ2v) is 6.54. The summed E-state index contributed by atoms with van der Waals surface area (Å²) in [6.07, 6.45) is 2.95. The number of carbonyl (C=O) groups excluding carboxylic acids is 1. The summed E-state index contributed by atoms with van der Waals surface area (Å²) in [6.45, 7) is 4.91. The van der Waals surface area contributed by atoms with E-state index in [1.807, 2.05) is 48.2 Å². The van der Waals surface area contributed by atoms with Crippen molar-refractivity contribution < 1.29 is 4.79 Å². The minimum absolute atomic E-state index is 0. The number of fused-ring (bicyclic) bond motifs is 1. The Hall–Kier alpha value is -1.91. The molecule has 2 aliphatic rings. The molecule has 0 spiro atoms. The van der Waals surface area contributed by atoms with Crippen molar-refractivity contribution in [3.05, 3.63) is 53.7 Å². The van der Waals surface area contributed by atoms with E-state index in [4.69, 9.17) is 0 Å². The number of carbonyl (C=O) groups is 1. The second-order valence-electron chi connectivity index (χ2n) is 6.54. The average Bonchev–Trinajstić information content (AvgIpc) is 2.56. The van der Waals surface area contributed by atoms with Crippen LogP contribution in [-0.2, 0) is 0 Å². The van der Waals surface area contributed by atoms with Crippen LogP contribution in [0.15, 0.2) is 42.6 Å². The van der Waals surface area contributed by atoms with Crippen LogP contribution < -0.4 is 5.32 Å². The van der Waals surface area contributed by atoms with Crippen LogP contribution in [0.5, 0.6) is 0 Å². The highest BCUT2D eigenvalue weighted by molar-refractivity contribution is 6.01. The van der Waals surface area contributed by atoms with Gasteiger partial charge in [0.25, 0.3) is 5.91 Å². The van der Waals surface area contributed by atoms with Crippen molar-refractivity contribution in [1.82, 2.24) is 15.2 Å². The normalized spacial score (nSPS) is 22.1. The van der Waals surface area contributed by atoms with Gasteiger partial charge >= 0.3 is 0 Å². The quantitative estimate of drug-likeness (QED) is 0.912. The van der Waals surface area contributed by atoms with E-state index in [-0.39, 0.29) is 18.3 Å². The number of aryl methyl sites for hydroxylation is 1. The van der Waals surface area contributed by atoms with Crippen molar-refractivity contribution in [3.63, 3.8) is 0 Å². The molecule has 0 aliphatic carbocycles. The van der Waals surface area contributed by atoms with E-state index < -0.39 is 0 Å². The highest BCUT2D eigenvalue weighted by Gasteiger charge is 2.43. The van der Waals surface area contributed by atoms with Gasteiger partial charge in [0.2, 0.25) is 0 Å². The number of likely N-dealkylation sites (tertiary alicyclic amines) is 1. The molecule has 0 unspecified atom stereocenters. The molecule has 2 saturated heterocycles. The van der Waals surface area contributed by atoms with Gasteiger partial charge < -0.3 is 10.2 Å². The number of hydrogen-bond donors (Lipinski definition) is 1. The number of hydrogen-bond acceptors (Lipinski definition) is 3. The Bertz CT molecular complexity index is 735. The summed E-state index contributed by atoms with van der Waals surface area (Å²) < 4.78 is 0. The lowest BCUT2D eigenvalue weighted by Crippen LogP contribution is -2.65. The van der Waals surface area contributed by atoms with Crippen molar-refractivity contribution in [2.45, 2.75) is 19.4 Å². The molecular formula is C19H22ClN3O. The van der Waals surface area contributed by atoms with Crippen molar-refractivity contribution in [2.24, 2.45) is 5.92 Å². The van der Waals surface area contributed by atoms with Crippen LogP contribution in [0.25, 0.3) is 11.3 Å². The smallest absolute Gasteiger partial charge is 0.254 e. The summed E-state index contributed by atoms with van der Waals surface area (Å²) in [5, 5.41) is 3.40. The van der Waals surface area contributed by atoms with Crippen LogP contribution in [0.3, 0.4) is 0 Å². The molecule has 2 fully saturated rings. The molecular weight excluding hydrogens is 322 g/mol. The summed E-state index contributed by atoms with van der Waals surface area (Å²) in [5.41, 5.74) is 3.66. The van der Waals surface area contributed by atoms with Crippen molar-refractivity contribution >= 4 is 18.3 Å². The number of benzene rings is 1. The topological polar surface area (TPSA) is 45.2 Å². The summed E-state index contributed by atoms with van der Waals surface area (Å²) in [7, 11) is 0. The van der Waals surface area contributed by atoms with Gasteiger partial charge in [-0.2, -0.15) is 0 Å².